The summed E-state index contributed by atoms with van der Waals surface area (Å²) in [7, 11) is 0. The predicted octanol–water partition coefficient (Wildman–Crippen LogP) is -8.12. The first kappa shape index (κ1) is 66.1. The number of nitrogens with one attached hydrogen (secondary N) is 13. The average molecular weight is 1180 g/mol. The van der Waals surface area contributed by atoms with E-state index >= 15 is 0 Å². The second-order valence-corrected chi connectivity index (χ2v) is 19.0. The number of aliphatic carboxylic acids is 1. The van der Waals surface area contributed by atoms with E-state index in [1.807, 2.05) is 0 Å². The molecule has 452 valence electrons. The number of unbranched alkanes of at least 4 members (excludes halogenated alkanes) is 1. The van der Waals surface area contributed by atoms with E-state index in [1.165, 1.54) is 50.1 Å². The Morgan fingerprint density at radius 2 is 0.916 bits per heavy atom. The van der Waals surface area contributed by atoms with Crippen molar-refractivity contribution in [1.29, 1.82) is 0 Å². The highest BCUT2D eigenvalue weighted by atomic mass is 32.1. The van der Waals surface area contributed by atoms with Gasteiger partial charge in [0.2, 0.25) is 59.1 Å². The Bertz CT molecular complexity index is 2780. The van der Waals surface area contributed by atoms with Crippen molar-refractivity contribution in [1.82, 2.24) is 87.7 Å². The lowest BCUT2D eigenvalue weighted by atomic mass is 10.0. The minimum Gasteiger partial charge on any atom is -0.480 e. The third-order valence-electron chi connectivity index (χ3n) is 12.0. The molecule has 0 saturated heterocycles. The van der Waals surface area contributed by atoms with Gasteiger partial charge in [0.15, 0.2) is 5.96 Å². The topological polar surface area (TPSA) is 573 Å². The second kappa shape index (κ2) is 34.6. The number of aromatic nitrogens is 8. The number of aromatic amines is 4. The van der Waals surface area contributed by atoms with Crippen molar-refractivity contribution in [3.63, 3.8) is 0 Å². The zero-order valence-electron chi connectivity index (χ0n) is 44.9. The lowest BCUT2D eigenvalue weighted by molar-refractivity contribution is -0.141. The molecule has 0 spiro atoms. The van der Waals surface area contributed by atoms with Crippen molar-refractivity contribution in [3.05, 3.63) is 72.9 Å². The molecule has 0 radical (unpaired) electrons. The van der Waals surface area contributed by atoms with E-state index in [4.69, 9.17) is 28.7 Å². The van der Waals surface area contributed by atoms with E-state index in [0.717, 1.165) is 0 Å². The van der Waals surface area contributed by atoms with E-state index in [-0.39, 0.29) is 76.2 Å². The highest BCUT2D eigenvalue weighted by Gasteiger charge is 2.35. The van der Waals surface area contributed by atoms with Crippen LogP contribution in [-0.2, 0) is 78.4 Å². The Balaban J connectivity index is 1.57. The number of thiol groups is 1. The number of rotatable bonds is 38. The van der Waals surface area contributed by atoms with Gasteiger partial charge in [-0.05, 0) is 38.6 Å². The fourth-order valence-corrected chi connectivity index (χ4v) is 8.00. The Kier molecular flexibility index (Phi) is 27.6. The van der Waals surface area contributed by atoms with E-state index < -0.39 is 133 Å². The maximum atomic E-state index is 14.6. The van der Waals surface area contributed by atoms with Gasteiger partial charge >= 0.3 is 5.97 Å². The highest BCUT2D eigenvalue weighted by Crippen LogP contribution is 2.10. The lowest BCUT2D eigenvalue weighted by Crippen LogP contribution is -2.61. The summed E-state index contributed by atoms with van der Waals surface area (Å²) in [5.74, 6) is -10.9. The van der Waals surface area contributed by atoms with Crippen LogP contribution in [0.1, 0.15) is 61.3 Å². The molecule has 35 nitrogen and oxygen atoms in total. The number of amides is 10. The molecule has 4 aromatic rings. The van der Waals surface area contributed by atoms with Crippen molar-refractivity contribution in [2.75, 3.05) is 31.9 Å². The average Bonchev–Trinajstić information content (AvgIpc) is 4.40. The lowest BCUT2D eigenvalue weighted by Gasteiger charge is -2.27. The molecule has 83 heavy (non-hydrogen) atoms. The molecule has 4 heterocycles. The monoisotopic (exact) mass is 1180 g/mol. The van der Waals surface area contributed by atoms with Gasteiger partial charge in [-0.3, -0.25) is 52.9 Å². The van der Waals surface area contributed by atoms with Gasteiger partial charge in [-0.2, -0.15) is 12.6 Å². The van der Waals surface area contributed by atoms with E-state index in [1.54, 1.807) is 0 Å². The van der Waals surface area contributed by atoms with E-state index in [0.29, 0.717) is 29.2 Å². The summed E-state index contributed by atoms with van der Waals surface area (Å²) in [6.07, 6.45) is 9.98. The first-order valence-electron chi connectivity index (χ1n) is 25.8. The molecular formula is C47H71N23O12S. The van der Waals surface area contributed by atoms with Crippen LogP contribution in [0, 0.1) is 0 Å². The normalized spacial score (nSPS) is 13.8. The largest absolute Gasteiger partial charge is 0.480 e. The van der Waals surface area contributed by atoms with Crippen LogP contribution in [0.3, 0.4) is 0 Å². The maximum Gasteiger partial charge on any atom is 0.327 e. The summed E-state index contributed by atoms with van der Waals surface area (Å²) >= 11 is 3.87. The molecule has 0 aliphatic carbocycles. The van der Waals surface area contributed by atoms with E-state index in [9.17, 15) is 57.8 Å². The smallest absolute Gasteiger partial charge is 0.327 e. The van der Waals surface area contributed by atoms with E-state index in [2.05, 4.69) is 105 Å². The molecule has 36 heteroatoms. The fraction of sp³-hybridized carbons (Fsp3) is 0.489. The summed E-state index contributed by atoms with van der Waals surface area (Å²) < 4.78 is 0. The fourth-order valence-electron chi connectivity index (χ4n) is 7.75. The molecule has 0 aliphatic heterocycles. The van der Waals surface area contributed by atoms with Crippen molar-refractivity contribution in [2.24, 2.45) is 33.7 Å². The summed E-state index contributed by atoms with van der Waals surface area (Å²) in [5.41, 5.74) is 30.0. The quantitative estimate of drug-likeness (QED) is 0.00858. The van der Waals surface area contributed by atoms with Gasteiger partial charge in [0.05, 0.1) is 50.9 Å². The van der Waals surface area contributed by atoms with Crippen molar-refractivity contribution in [2.45, 2.75) is 113 Å². The second-order valence-electron chi connectivity index (χ2n) is 18.6. The van der Waals surface area contributed by atoms with Crippen molar-refractivity contribution >= 4 is 83.6 Å². The molecule has 0 fully saturated rings. The van der Waals surface area contributed by atoms with Crippen LogP contribution in [0.25, 0.3) is 0 Å². The molecule has 0 saturated carbocycles. The third-order valence-corrected chi connectivity index (χ3v) is 12.4. The first-order valence-corrected chi connectivity index (χ1v) is 26.5. The molecule has 4 aromatic heterocycles. The number of carbonyl (C=O) groups is 11. The van der Waals surface area contributed by atoms with Crippen LogP contribution in [-0.4, -0.2) is 196 Å². The first-order chi connectivity index (χ1) is 39.6. The highest BCUT2D eigenvalue weighted by molar-refractivity contribution is 7.80. The van der Waals surface area contributed by atoms with Gasteiger partial charge in [0.25, 0.3) is 0 Å². The van der Waals surface area contributed by atoms with Crippen LogP contribution >= 0.6 is 12.6 Å². The number of H-pyrrole nitrogens is 4. The molecule has 10 amide bonds. The molecule has 24 N–H and O–H groups in total. The third kappa shape index (κ3) is 24.0. The zero-order chi connectivity index (χ0) is 60.8. The number of hydrogen-bond donors (Lipinski definition) is 20. The number of nitrogens with zero attached hydrogens (tertiary/aromatic N) is 5. The Hall–Kier alpha value is -9.45. The molecule has 0 bridgehead atoms. The summed E-state index contributed by atoms with van der Waals surface area (Å²) in [4.78, 5) is 178. The Morgan fingerprint density at radius 1 is 0.506 bits per heavy atom. The minimum absolute atomic E-state index is 0.0203. The van der Waals surface area contributed by atoms with Crippen LogP contribution in [0.4, 0.5) is 0 Å². The number of hydrogen-bond acceptors (Lipinski definition) is 19. The molecule has 0 aliphatic rings. The number of guanidine groups is 1. The van der Waals surface area contributed by atoms with Gasteiger partial charge in [0, 0.05) is 85.5 Å². The molecule has 8 atom stereocenters. The van der Waals surface area contributed by atoms with Gasteiger partial charge in [-0.15, -0.1) is 0 Å². The van der Waals surface area contributed by atoms with Gasteiger partial charge in [0.1, 0.15) is 42.3 Å². The Morgan fingerprint density at radius 3 is 1.34 bits per heavy atom. The number of carbonyl (C=O) groups excluding carboxylic acids is 10. The zero-order valence-corrected chi connectivity index (χ0v) is 45.7. The molecule has 0 aromatic carbocycles. The number of imidazole rings is 4. The summed E-state index contributed by atoms with van der Waals surface area (Å²) in [6, 6.07) is -11.5. The molecule has 4 rings (SSSR count). The van der Waals surface area contributed by atoms with Crippen molar-refractivity contribution in [3.8, 4) is 0 Å². The van der Waals surface area contributed by atoms with Gasteiger partial charge in [-0.25, -0.2) is 24.7 Å². The minimum atomic E-state index is -1.63. The Labute approximate surface area is 478 Å². The molecule has 0 unspecified atom stereocenters. The standard InChI is InChI=1S/C47H71N23O12S/c48-6-2-1-4-29(41(76)68-31(9-25-14-54-21-61-25)40(75)59-17-37(72)58-18-38(73)64-35(19-83)46(81)82)65-43(78)32(10-26-15-55-22-62-26)69-42(77)30(5-3-7-57-47(51)52)66-44(79)33(11-27-16-56-23-63-27)70-45(80)34(12-36(50)71)67-39(74)28(49)8-24-13-53-20-60-24/h13-16,20-23,28-35,83H,1-12,17-19,48-49H2,(H2,50,71)(H,53,60)(H,54,61)(H,55,62)(H,56,63)(H,58,72)(H,59,75)(H,64,73)(H,65,78)(H,66,79)(H,67,74)(H,68,76)(H,69,77)(H,70,80)(H,81,82)(H4,51,52,57)/t28-,29-,30-,31-,32-,33-,34-,35-/m0/s1. The van der Waals surface area contributed by atoms with Crippen molar-refractivity contribution < 1.29 is 57.8 Å². The molecular weight excluding hydrogens is 1110 g/mol. The predicted molar refractivity (Wildman–Crippen MR) is 295 cm³/mol. The summed E-state index contributed by atoms with van der Waals surface area (Å²) in [6.45, 7) is -1.13. The summed E-state index contributed by atoms with van der Waals surface area (Å²) in [5, 5.41) is 31.4. The number of carboxylic acid groups (broad SMARTS) is 1. The van der Waals surface area contributed by atoms with Crippen LogP contribution in [0.5, 0.6) is 0 Å². The van der Waals surface area contributed by atoms with Crippen LogP contribution in [0.15, 0.2) is 55.1 Å². The van der Waals surface area contributed by atoms with Gasteiger partial charge < -0.3 is 102 Å². The number of carboxylic acids is 1. The number of nitrogens with two attached hydrogens (primary N) is 5. The van der Waals surface area contributed by atoms with Crippen LogP contribution in [0.2, 0.25) is 0 Å². The number of primary amides is 1. The number of aliphatic imine (C=N–C) groups is 1. The maximum absolute atomic E-state index is 14.6. The van der Waals surface area contributed by atoms with Crippen LogP contribution < -0.4 is 76.5 Å². The SMILES string of the molecule is NCCCC[C@H](NC(=O)[C@H](Cc1cnc[nH]1)NC(=O)[C@H](CCCN=C(N)N)NC(=O)[C@H](Cc1cnc[nH]1)NC(=O)[C@H](CC(N)=O)NC(=O)[C@@H](N)Cc1cnc[nH]1)C(=O)N[C@@H](Cc1cnc[nH]1)C(=O)NCC(=O)NCC(=O)N[C@@H](CS)C(=O)O. The van der Waals surface area contributed by atoms with Gasteiger partial charge in [-0.1, -0.05) is 0 Å².